The van der Waals surface area contributed by atoms with Crippen LogP contribution in [0.2, 0.25) is 0 Å². The van der Waals surface area contributed by atoms with Crippen molar-refractivity contribution in [1.82, 2.24) is 5.01 Å². The number of hydrogen-bond acceptors (Lipinski definition) is 3. The number of amides is 1. The van der Waals surface area contributed by atoms with Gasteiger partial charge in [0.1, 0.15) is 0 Å². The fraction of sp³-hybridized carbons (Fsp3) is 0.364. The third-order valence-electron chi connectivity index (χ3n) is 4.81. The Kier molecular flexibility index (Phi) is 5.84. The van der Waals surface area contributed by atoms with E-state index in [1.54, 1.807) is 12.1 Å². The van der Waals surface area contributed by atoms with Crippen molar-refractivity contribution in [2.75, 3.05) is 0 Å². The fourth-order valence-electron chi connectivity index (χ4n) is 3.36. The van der Waals surface area contributed by atoms with Gasteiger partial charge < -0.3 is 5.11 Å². The topological polar surface area (TPSA) is 52.9 Å². The standard InChI is InChI=1S/C22H26N2O2/c1-2-3-4-11-16-20-17-22(26,19-14-9-6-10-15-19)24(23-20)21(25)18-12-7-5-8-13-18/h5-10,12-15,26H,2-4,11,16-17H2,1H3. The summed E-state index contributed by atoms with van der Waals surface area (Å²) in [6.45, 7) is 2.18. The summed E-state index contributed by atoms with van der Waals surface area (Å²) in [5.74, 6) is -0.277. The number of carbonyl (C=O) groups is 1. The second-order valence-corrected chi connectivity index (χ2v) is 6.82. The maximum atomic E-state index is 13.0. The maximum absolute atomic E-state index is 13.0. The van der Waals surface area contributed by atoms with E-state index in [4.69, 9.17) is 0 Å². The molecule has 3 rings (SSSR count). The molecule has 0 bridgehead atoms. The summed E-state index contributed by atoms with van der Waals surface area (Å²) in [6.07, 6.45) is 5.73. The van der Waals surface area contributed by atoms with E-state index >= 15 is 0 Å². The first-order valence-electron chi connectivity index (χ1n) is 9.39. The fourth-order valence-corrected chi connectivity index (χ4v) is 3.36. The van der Waals surface area contributed by atoms with Crippen molar-refractivity contribution in [3.63, 3.8) is 0 Å². The van der Waals surface area contributed by atoms with Gasteiger partial charge in [0.2, 0.25) is 0 Å². The van der Waals surface area contributed by atoms with Crippen LogP contribution in [-0.2, 0) is 5.72 Å². The molecule has 0 fully saturated rings. The average Bonchev–Trinajstić information content (AvgIpc) is 3.04. The Morgan fingerprint density at radius 3 is 2.35 bits per heavy atom. The zero-order valence-corrected chi connectivity index (χ0v) is 15.3. The highest BCUT2D eigenvalue weighted by Crippen LogP contribution is 2.37. The Morgan fingerprint density at radius 1 is 1.04 bits per heavy atom. The van der Waals surface area contributed by atoms with E-state index < -0.39 is 5.72 Å². The van der Waals surface area contributed by atoms with Gasteiger partial charge in [0, 0.05) is 23.3 Å². The molecule has 4 heteroatoms. The first kappa shape index (κ1) is 18.3. The van der Waals surface area contributed by atoms with Gasteiger partial charge in [0.05, 0.1) is 0 Å². The van der Waals surface area contributed by atoms with Gasteiger partial charge in [-0.25, -0.2) is 0 Å². The summed E-state index contributed by atoms with van der Waals surface area (Å²) in [5.41, 5.74) is 0.681. The van der Waals surface area contributed by atoms with Gasteiger partial charge in [-0.3, -0.25) is 4.79 Å². The van der Waals surface area contributed by atoms with E-state index in [0.717, 1.165) is 25.0 Å². The summed E-state index contributed by atoms with van der Waals surface area (Å²) in [5, 5.41) is 17.2. The molecule has 0 aromatic heterocycles. The quantitative estimate of drug-likeness (QED) is 0.736. The zero-order chi connectivity index (χ0) is 18.4. The molecule has 1 heterocycles. The van der Waals surface area contributed by atoms with Crippen LogP contribution < -0.4 is 0 Å². The predicted molar refractivity (Wildman–Crippen MR) is 104 cm³/mol. The summed E-state index contributed by atoms with van der Waals surface area (Å²) in [6, 6.07) is 18.4. The first-order valence-corrected chi connectivity index (χ1v) is 9.39. The van der Waals surface area contributed by atoms with Gasteiger partial charge in [-0.2, -0.15) is 10.1 Å². The Bertz CT molecular complexity index is 758. The Morgan fingerprint density at radius 2 is 1.69 bits per heavy atom. The predicted octanol–water partition coefficient (Wildman–Crippen LogP) is 4.70. The second kappa shape index (κ2) is 8.28. The van der Waals surface area contributed by atoms with Crippen LogP contribution in [0.4, 0.5) is 0 Å². The van der Waals surface area contributed by atoms with Crippen LogP contribution >= 0.6 is 0 Å². The number of unbranched alkanes of at least 4 members (excludes halogenated alkanes) is 3. The van der Waals surface area contributed by atoms with Gasteiger partial charge in [0.15, 0.2) is 5.72 Å². The molecule has 1 unspecified atom stereocenters. The molecule has 1 aliphatic heterocycles. The molecule has 2 aromatic rings. The molecule has 26 heavy (non-hydrogen) atoms. The van der Waals surface area contributed by atoms with Gasteiger partial charge in [0.25, 0.3) is 5.91 Å². The monoisotopic (exact) mass is 350 g/mol. The summed E-state index contributed by atoms with van der Waals surface area (Å²) in [7, 11) is 0. The first-order chi connectivity index (χ1) is 12.6. The van der Waals surface area contributed by atoms with Crippen LogP contribution in [0.1, 0.15) is 61.4 Å². The lowest BCUT2D eigenvalue weighted by molar-refractivity contribution is -0.0765. The second-order valence-electron chi connectivity index (χ2n) is 6.82. The summed E-state index contributed by atoms with van der Waals surface area (Å²) >= 11 is 0. The molecule has 2 aromatic carbocycles. The van der Waals surface area contributed by atoms with Crippen molar-refractivity contribution < 1.29 is 9.90 Å². The molecule has 0 aliphatic carbocycles. The number of nitrogens with zero attached hydrogens (tertiary/aromatic N) is 2. The Labute approximate surface area is 155 Å². The number of carbonyl (C=O) groups excluding carboxylic acids is 1. The molecule has 136 valence electrons. The lowest BCUT2D eigenvalue weighted by atomic mass is 9.95. The van der Waals surface area contributed by atoms with Gasteiger partial charge in [-0.1, -0.05) is 74.7 Å². The zero-order valence-electron chi connectivity index (χ0n) is 15.3. The normalized spacial score (nSPS) is 19.5. The highest BCUT2D eigenvalue weighted by atomic mass is 16.3. The van der Waals surface area contributed by atoms with E-state index in [0.29, 0.717) is 17.5 Å². The molecule has 4 nitrogen and oxygen atoms in total. The Hall–Kier alpha value is -2.46. The van der Waals surface area contributed by atoms with Gasteiger partial charge in [-0.15, -0.1) is 0 Å². The molecule has 0 saturated carbocycles. The highest BCUT2D eigenvalue weighted by molar-refractivity contribution is 5.98. The maximum Gasteiger partial charge on any atom is 0.276 e. The molecule has 0 saturated heterocycles. The number of hydrazone groups is 1. The number of aliphatic hydroxyl groups is 1. The molecule has 0 radical (unpaired) electrons. The van der Waals surface area contributed by atoms with E-state index in [1.807, 2.05) is 48.5 Å². The molecule has 1 amide bonds. The van der Waals surface area contributed by atoms with Gasteiger partial charge in [-0.05, 0) is 25.0 Å². The largest absolute Gasteiger partial charge is 0.365 e. The van der Waals surface area contributed by atoms with Crippen molar-refractivity contribution in [2.45, 2.75) is 51.2 Å². The summed E-state index contributed by atoms with van der Waals surface area (Å²) in [4.78, 5) is 13.0. The van der Waals surface area contributed by atoms with E-state index in [9.17, 15) is 9.90 Å². The van der Waals surface area contributed by atoms with E-state index in [2.05, 4.69) is 12.0 Å². The average molecular weight is 350 g/mol. The number of hydrogen-bond donors (Lipinski definition) is 1. The van der Waals surface area contributed by atoms with Crippen LogP contribution in [0.3, 0.4) is 0 Å². The third kappa shape index (κ3) is 3.86. The van der Waals surface area contributed by atoms with Crippen molar-refractivity contribution in [3.05, 3.63) is 71.8 Å². The summed E-state index contributed by atoms with van der Waals surface area (Å²) < 4.78 is 0. The van der Waals surface area contributed by atoms with Crippen molar-refractivity contribution in [1.29, 1.82) is 0 Å². The van der Waals surface area contributed by atoms with E-state index in [1.165, 1.54) is 17.9 Å². The van der Waals surface area contributed by atoms with E-state index in [-0.39, 0.29) is 5.91 Å². The molecule has 1 aliphatic rings. The van der Waals surface area contributed by atoms with Crippen LogP contribution in [0.25, 0.3) is 0 Å². The highest BCUT2D eigenvalue weighted by Gasteiger charge is 2.45. The number of benzene rings is 2. The third-order valence-corrected chi connectivity index (χ3v) is 4.81. The molecule has 0 spiro atoms. The minimum absolute atomic E-state index is 0.277. The van der Waals surface area contributed by atoms with Crippen molar-refractivity contribution in [2.24, 2.45) is 5.10 Å². The van der Waals surface area contributed by atoms with Gasteiger partial charge >= 0.3 is 0 Å². The minimum Gasteiger partial charge on any atom is -0.365 e. The van der Waals surface area contributed by atoms with Crippen molar-refractivity contribution in [3.8, 4) is 0 Å². The smallest absolute Gasteiger partial charge is 0.276 e. The lowest BCUT2D eigenvalue weighted by Crippen LogP contribution is -2.43. The Balaban J connectivity index is 1.87. The lowest BCUT2D eigenvalue weighted by Gasteiger charge is -2.31. The minimum atomic E-state index is -1.42. The number of rotatable bonds is 7. The van der Waals surface area contributed by atoms with Crippen LogP contribution in [0, 0.1) is 0 Å². The van der Waals surface area contributed by atoms with Crippen molar-refractivity contribution >= 4 is 11.6 Å². The SMILES string of the molecule is CCCCCCC1=NN(C(=O)c2ccccc2)C(O)(c2ccccc2)C1. The molecular weight excluding hydrogens is 324 g/mol. The molecular formula is C22H26N2O2. The van der Waals surface area contributed by atoms with Crippen LogP contribution in [0.15, 0.2) is 65.8 Å². The molecule has 1 atom stereocenters. The van der Waals surface area contributed by atoms with Crippen LogP contribution in [0.5, 0.6) is 0 Å². The molecule has 1 N–H and O–H groups in total. The van der Waals surface area contributed by atoms with Crippen LogP contribution in [-0.4, -0.2) is 21.7 Å².